The minimum Gasteiger partial charge on any atom is -0.381 e. The first-order chi connectivity index (χ1) is 11.8. The van der Waals surface area contributed by atoms with Gasteiger partial charge in [-0.2, -0.15) is 0 Å². The quantitative estimate of drug-likeness (QED) is 0.766. The lowest BCUT2D eigenvalue weighted by Crippen LogP contribution is -2.48. The minimum atomic E-state index is 0.114. The van der Waals surface area contributed by atoms with Crippen molar-refractivity contribution in [2.24, 2.45) is 0 Å². The molecule has 2 fully saturated rings. The summed E-state index contributed by atoms with van der Waals surface area (Å²) in [6, 6.07) is 7.94. The average molecular weight is 397 g/mol. The van der Waals surface area contributed by atoms with Crippen molar-refractivity contribution < 1.29 is 14.3 Å². The molecule has 1 amide bonds. The van der Waals surface area contributed by atoms with Crippen molar-refractivity contribution in [3.05, 3.63) is 34.3 Å². The molecule has 6 heteroatoms. The van der Waals surface area contributed by atoms with Crippen LogP contribution in [0.1, 0.15) is 23.2 Å². The van der Waals surface area contributed by atoms with Crippen LogP contribution >= 0.6 is 15.9 Å². The van der Waals surface area contributed by atoms with Gasteiger partial charge in [0.25, 0.3) is 5.91 Å². The van der Waals surface area contributed by atoms with Crippen LogP contribution in [0.4, 0.5) is 0 Å². The number of hydrogen-bond donors (Lipinski definition) is 0. The lowest BCUT2D eigenvalue weighted by Gasteiger charge is -2.36. The van der Waals surface area contributed by atoms with Crippen LogP contribution in [0.5, 0.6) is 0 Å². The lowest BCUT2D eigenvalue weighted by atomic mass is 10.1. The van der Waals surface area contributed by atoms with Gasteiger partial charge in [-0.3, -0.25) is 9.69 Å². The number of halogens is 1. The Balaban J connectivity index is 1.71. The standard InChI is InChI=1S/C18H25BrN2O3/c19-17-4-2-1-3-16(17)18(22)21(15-5-11-23-12-6-15)8-7-20-9-13-24-14-10-20/h1-4,15H,5-14H2. The van der Waals surface area contributed by atoms with Gasteiger partial charge in [0.2, 0.25) is 0 Å². The monoisotopic (exact) mass is 396 g/mol. The molecule has 0 N–H and O–H groups in total. The highest BCUT2D eigenvalue weighted by Gasteiger charge is 2.28. The van der Waals surface area contributed by atoms with Crippen molar-refractivity contribution in [2.45, 2.75) is 18.9 Å². The van der Waals surface area contributed by atoms with E-state index in [1.807, 2.05) is 24.3 Å². The zero-order chi connectivity index (χ0) is 16.8. The molecule has 0 saturated carbocycles. The fourth-order valence-electron chi connectivity index (χ4n) is 3.31. The molecule has 0 atom stereocenters. The second-order valence-electron chi connectivity index (χ2n) is 6.28. The van der Waals surface area contributed by atoms with Crippen molar-refractivity contribution in [2.75, 3.05) is 52.6 Å². The Morgan fingerprint density at radius 1 is 1.12 bits per heavy atom. The van der Waals surface area contributed by atoms with E-state index in [-0.39, 0.29) is 11.9 Å². The third-order valence-electron chi connectivity index (χ3n) is 4.76. The van der Waals surface area contributed by atoms with Crippen LogP contribution in [0.25, 0.3) is 0 Å². The fraction of sp³-hybridized carbons (Fsp3) is 0.611. The molecule has 5 nitrogen and oxygen atoms in total. The van der Waals surface area contributed by atoms with Gasteiger partial charge >= 0.3 is 0 Å². The van der Waals surface area contributed by atoms with Gasteiger partial charge in [0.05, 0.1) is 18.8 Å². The summed E-state index contributed by atoms with van der Waals surface area (Å²) < 4.78 is 11.7. The molecule has 2 heterocycles. The molecule has 3 rings (SSSR count). The maximum absolute atomic E-state index is 13.1. The van der Waals surface area contributed by atoms with Gasteiger partial charge in [0.15, 0.2) is 0 Å². The lowest BCUT2D eigenvalue weighted by molar-refractivity contribution is 0.0141. The van der Waals surface area contributed by atoms with Crippen molar-refractivity contribution in [3.8, 4) is 0 Å². The second-order valence-corrected chi connectivity index (χ2v) is 7.13. The van der Waals surface area contributed by atoms with E-state index in [4.69, 9.17) is 9.47 Å². The summed E-state index contributed by atoms with van der Waals surface area (Å²) in [6.45, 7) is 6.60. The molecule has 1 aromatic carbocycles. The van der Waals surface area contributed by atoms with Crippen molar-refractivity contribution in [1.29, 1.82) is 0 Å². The summed E-state index contributed by atoms with van der Waals surface area (Å²) in [4.78, 5) is 17.6. The molecule has 132 valence electrons. The number of rotatable bonds is 5. The van der Waals surface area contributed by atoms with E-state index in [0.29, 0.717) is 0 Å². The number of hydrogen-bond acceptors (Lipinski definition) is 4. The average Bonchev–Trinajstić information content (AvgIpc) is 2.64. The third kappa shape index (κ3) is 4.57. The van der Waals surface area contributed by atoms with Gasteiger partial charge in [-0.1, -0.05) is 12.1 Å². The van der Waals surface area contributed by atoms with Gasteiger partial charge in [-0.05, 0) is 40.9 Å². The maximum atomic E-state index is 13.1. The molecule has 0 aliphatic carbocycles. The number of carbonyl (C=O) groups is 1. The topological polar surface area (TPSA) is 42.0 Å². The Kier molecular flexibility index (Phi) is 6.66. The SMILES string of the molecule is O=C(c1ccccc1Br)N(CCN1CCOCC1)C1CCOCC1. The molecule has 0 unspecified atom stereocenters. The summed E-state index contributed by atoms with van der Waals surface area (Å²) in [5.41, 5.74) is 0.742. The molecule has 0 bridgehead atoms. The summed E-state index contributed by atoms with van der Waals surface area (Å²) >= 11 is 3.52. The Bertz CT molecular complexity index is 543. The zero-order valence-electron chi connectivity index (χ0n) is 14.0. The molecule has 0 aromatic heterocycles. The predicted octanol–water partition coefficient (Wildman–Crippen LogP) is 2.40. The van der Waals surface area contributed by atoms with Crippen LogP contribution in [0.2, 0.25) is 0 Å². The number of amides is 1. The smallest absolute Gasteiger partial charge is 0.255 e. The van der Waals surface area contributed by atoms with Crippen LogP contribution in [0, 0.1) is 0 Å². The van der Waals surface area contributed by atoms with Crippen LogP contribution < -0.4 is 0 Å². The van der Waals surface area contributed by atoms with Gasteiger partial charge in [-0.25, -0.2) is 0 Å². The highest BCUT2D eigenvalue weighted by Crippen LogP contribution is 2.22. The predicted molar refractivity (Wildman–Crippen MR) is 96.3 cm³/mol. The van der Waals surface area contributed by atoms with E-state index in [1.165, 1.54) is 0 Å². The molecule has 1 aromatic rings. The summed E-state index contributed by atoms with van der Waals surface area (Å²) in [7, 11) is 0. The summed E-state index contributed by atoms with van der Waals surface area (Å²) in [5, 5.41) is 0. The summed E-state index contributed by atoms with van der Waals surface area (Å²) in [5.74, 6) is 0.114. The van der Waals surface area contributed by atoms with E-state index in [2.05, 4.69) is 25.7 Å². The second kappa shape index (κ2) is 8.94. The van der Waals surface area contributed by atoms with Crippen molar-refractivity contribution in [3.63, 3.8) is 0 Å². The molecule has 2 aliphatic heterocycles. The molecule has 24 heavy (non-hydrogen) atoms. The van der Waals surface area contributed by atoms with Crippen LogP contribution in [0.3, 0.4) is 0 Å². The number of benzene rings is 1. The van der Waals surface area contributed by atoms with E-state index in [9.17, 15) is 4.79 Å². The third-order valence-corrected chi connectivity index (χ3v) is 5.45. The molecule has 2 saturated heterocycles. The fourth-order valence-corrected chi connectivity index (χ4v) is 3.76. The molecule has 0 spiro atoms. The molecular weight excluding hydrogens is 372 g/mol. The van der Waals surface area contributed by atoms with Crippen LogP contribution in [-0.4, -0.2) is 74.4 Å². The Hall–Kier alpha value is -0.950. The van der Waals surface area contributed by atoms with E-state index >= 15 is 0 Å². The number of carbonyl (C=O) groups excluding carboxylic acids is 1. The van der Waals surface area contributed by atoms with E-state index in [1.54, 1.807) is 0 Å². The summed E-state index contributed by atoms with van der Waals surface area (Å²) in [6.07, 6.45) is 1.83. The van der Waals surface area contributed by atoms with E-state index < -0.39 is 0 Å². The van der Waals surface area contributed by atoms with Gasteiger partial charge in [-0.15, -0.1) is 0 Å². The highest BCUT2D eigenvalue weighted by atomic mass is 79.9. The normalized spacial score (nSPS) is 20.0. The van der Waals surface area contributed by atoms with Gasteiger partial charge in [0.1, 0.15) is 0 Å². The van der Waals surface area contributed by atoms with Crippen LogP contribution in [0.15, 0.2) is 28.7 Å². The number of ether oxygens (including phenoxy) is 2. The van der Waals surface area contributed by atoms with E-state index in [0.717, 1.165) is 75.5 Å². The van der Waals surface area contributed by atoms with Gasteiger partial charge < -0.3 is 14.4 Å². The molecular formula is C18H25BrN2O3. The first-order valence-electron chi connectivity index (χ1n) is 8.69. The minimum absolute atomic E-state index is 0.114. The highest BCUT2D eigenvalue weighted by molar-refractivity contribution is 9.10. The van der Waals surface area contributed by atoms with Gasteiger partial charge in [0, 0.05) is 49.9 Å². The van der Waals surface area contributed by atoms with Crippen molar-refractivity contribution in [1.82, 2.24) is 9.80 Å². The number of nitrogens with zero attached hydrogens (tertiary/aromatic N) is 2. The molecule has 2 aliphatic rings. The largest absolute Gasteiger partial charge is 0.381 e. The maximum Gasteiger partial charge on any atom is 0.255 e. The zero-order valence-corrected chi connectivity index (χ0v) is 15.5. The Morgan fingerprint density at radius 2 is 1.79 bits per heavy atom. The van der Waals surface area contributed by atoms with Crippen molar-refractivity contribution >= 4 is 21.8 Å². The number of morpholine rings is 1. The molecule has 0 radical (unpaired) electrons. The Morgan fingerprint density at radius 3 is 2.50 bits per heavy atom. The first-order valence-corrected chi connectivity index (χ1v) is 9.48. The van der Waals surface area contributed by atoms with Crippen LogP contribution in [-0.2, 0) is 9.47 Å². The first kappa shape index (κ1) is 17.9. The Labute approximate surface area is 152 Å².